The van der Waals surface area contributed by atoms with Gasteiger partial charge in [-0.15, -0.1) is 0 Å². The van der Waals surface area contributed by atoms with Crippen LogP contribution in [0.15, 0.2) is 18.2 Å². The summed E-state index contributed by atoms with van der Waals surface area (Å²) in [5.41, 5.74) is -1.32. The molecule has 0 saturated carbocycles. The highest BCUT2D eigenvalue weighted by Crippen LogP contribution is 2.33. The summed E-state index contributed by atoms with van der Waals surface area (Å²) < 4.78 is 38.2. The summed E-state index contributed by atoms with van der Waals surface area (Å²) >= 11 is 1.50. The molecule has 18 heavy (non-hydrogen) atoms. The minimum absolute atomic E-state index is 0.304. The summed E-state index contributed by atoms with van der Waals surface area (Å²) in [7, 11) is 0. The summed E-state index contributed by atoms with van der Waals surface area (Å²) in [5, 5.41) is 9.04. The quantitative estimate of drug-likeness (QED) is 0.903. The molecule has 2 nitrogen and oxygen atoms in total. The lowest BCUT2D eigenvalue weighted by Gasteiger charge is -2.12. The van der Waals surface area contributed by atoms with Crippen molar-refractivity contribution < 1.29 is 23.1 Å². The maximum atomic E-state index is 12.7. The maximum absolute atomic E-state index is 12.7. The first kappa shape index (κ1) is 14.9. The molecular weight excluding hydrogens is 265 g/mol. The number of carboxylic acid groups (broad SMARTS) is 1. The first-order valence-electron chi connectivity index (χ1n) is 5.27. The molecule has 0 heterocycles. The van der Waals surface area contributed by atoms with Crippen LogP contribution in [0.5, 0.6) is 0 Å². The van der Waals surface area contributed by atoms with Crippen molar-refractivity contribution in [1.29, 1.82) is 0 Å². The standard InChI is InChI=1S/C12H13F3O2S/c1-7(2)18-6-8-3-4-9(11(16)17)10(5-8)12(13,14)15/h3-5,7H,6H2,1-2H3,(H,16,17). The third kappa shape index (κ3) is 3.94. The van der Waals surface area contributed by atoms with E-state index in [0.29, 0.717) is 16.6 Å². The topological polar surface area (TPSA) is 37.3 Å². The molecule has 0 amide bonds. The second kappa shape index (κ2) is 5.65. The Bertz CT molecular complexity index is 441. The van der Waals surface area contributed by atoms with Crippen LogP contribution in [-0.4, -0.2) is 16.3 Å². The third-order valence-electron chi connectivity index (χ3n) is 2.20. The van der Waals surface area contributed by atoms with Crippen LogP contribution in [0.25, 0.3) is 0 Å². The van der Waals surface area contributed by atoms with E-state index in [0.717, 1.165) is 12.1 Å². The number of carbonyl (C=O) groups is 1. The summed E-state index contributed by atoms with van der Waals surface area (Å²) in [6, 6.07) is 3.36. The first-order valence-corrected chi connectivity index (χ1v) is 6.31. The average Bonchev–Trinajstić information content (AvgIpc) is 2.24. The molecule has 6 heteroatoms. The normalized spacial score (nSPS) is 11.9. The fourth-order valence-corrected chi connectivity index (χ4v) is 2.07. The van der Waals surface area contributed by atoms with Crippen LogP contribution in [0, 0.1) is 0 Å². The molecule has 0 unspecified atom stereocenters. The number of carboxylic acids is 1. The van der Waals surface area contributed by atoms with Crippen molar-refractivity contribution in [2.75, 3.05) is 0 Å². The van der Waals surface area contributed by atoms with Gasteiger partial charge in [-0.25, -0.2) is 4.79 Å². The molecule has 0 aromatic heterocycles. The number of thioether (sulfide) groups is 1. The van der Waals surface area contributed by atoms with E-state index < -0.39 is 23.3 Å². The Morgan fingerprint density at radius 2 is 2.00 bits per heavy atom. The summed E-state index contributed by atoms with van der Waals surface area (Å²) in [6.07, 6.45) is -4.65. The smallest absolute Gasteiger partial charge is 0.417 e. The lowest BCUT2D eigenvalue weighted by atomic mass is 10.0. The highest BCUT2D eigenvalue weighted by atomic mass is 32.2. The molecule has 1 rings (SSSR count). The monoisotopic (exact) mass is 278 g/mol. The van der Waals surface area contributed by atoms with Crippen molar-refractivity contribution in [3.05, 3.63) is 34.9 Å². The van der Waals surface area contributed by atoms with E-state index in [2.05, 4.69) is 0 Å². The Labute approximate surface area is 107 Å². The fraction of sp³-hybridized carbons (Fsp3) is 0.417. The van der Waals surface area contributed by atoms with E-state index in [9.17, 15) is 18.0 Å². The predicted molar refractivity (Wildman–Crippen MR) is 64.8 cm³/mol. The SMILES string of the molecule is CC(C)SCc1ccc(C(=O)O)c(C(F)(F)F)c1. The second-order valence-corrected chi connectivity index (χ2v) is 5.61. The molecule has 1 aromatic carbocycles. The zero-order valence-electron chi connectivity index (χ0n) is 9.91. The lowest BCUT2D eigenvalue weighted by Crippen LogP contribution is -2.13. The zero-order valence-corrected chi connectivity index (χ0v) is 10.7. The zero-order chi connectivity index (χ0) is 13.9. The van der Waals surface area contributed by atoms with E-state index in [1.807, 2.05) is 13.8 Å². The van der Waals surface area contributed by atoms with Gasteiger partial charge in [0.15, 0.2) is 0 Å². The van der Waals surface area contributed by atoms with Gasteiger partial charge in [0.05, 0.1) is 11.1 Å². The number of halogens is 3. The number of hydrogen-bond donors (Lipinski definition) is 1. The van der Waals surface area contributed by atoms with Crippen molar-refractivity contribution in [2.24, 2.45) is 0 Å². The van der Waals surface area contributed by atoms with Crippen molar-refractivity contribution in [2.45, 2.75) is 31.0 Å². The number of rotatable bonds is 4. The molecule has 0 aliphatic carbocycles. The van der Waals surface area contributed by atoms with Gasteiger partial charge in [0, 0.05) is 5.75 Å². The van der Waals surface area contributed by atoms with Gasteiger partial charge in [0.25, 0.3) is 0 Å². The van der Waals surface area contributed by atoms with Gasteiger partial charge in [0.1, 0.15) is 0 Å². The largest absolute Gasteiger partial charge is 0.478 e. The number of hydrogen-bond acceptors (Lipinski definition) is 2. The van der Waals surface area contributed by atoms with Crippen molar-refractivity contribution in [1.82, 2.24) is 0 Å². The van der Waals surface area contributed by atoms with E-state index in [1.54, 1.807) is 0 Å². The lowest BCUT2D eigenvalue weighted by molar-refractivity contribution is -0.138. The van der Waals surface area contributed by atoms with Gasteiger partial charge in [-0.3, -0.25) is 0 Å². The van der Waals surface area contributed by atoms with Gasteiger partial charge in [-0.05, 0) is 22.9 Å². The molecule has 0 bridgehead atoms. The summed E-state index contributed by atoms with van der Waals surface area (Å²) in [5.74, 6) is -1.13. The summed E-state index contributed by atoms with van der Waals surface area (Å²) in [4.78, 5) is 10.7. The van der Waals surface area contributed by atoms with Gasteiger partial charge >= 0.3 is 12.1 Å². The molecule has 0 saturated heterocycles. The van der Waals surface area contributed by atoms with Crippen molar-refractivity contribution in [3.8, 4) is 0 Å². The Balaban J connectivity index is 3.10. The van der Waals surface area contributed by atoms with E-state index in [-0.39, 0.29) is 0 Å². The Kier molecular flexibility index (Phi) is 4.67. The third-order valence-corrected chi connectivity index (χ3v) is 3.37. The summed E-state index contributed by atoms with van der Waals surface area (Å²) in [6.45, 7) is 3.89. The van der Waals surface area contributed by atoms with Crippen molar-refractivity contribution >= 4 is 17.7 Å². The molecule has 0 spiro atoms. The Morgan fingerprint density at radius 3 is 2.44 bits per heavy atom. The van der Waals surface area contributed by atoms with Gasteiger partial charge < -0.3 is 5.11 Å². The molecule has 0 aliphatic rings. The van der Waals surface area contributed by atoms with Gasteiger partial charge in [-0.2, -0.15) is 24.9 Å². The molecule has 1 N–H and O–H groups in total. The fourth-order valence-electron chi connectivity index (χ4n) is 1.37. The van der Waals surface area contributed by atoms with Crippen LogP contribution in [0.1, 0.15) is 35.3 Å². The Morgan fingerprint density at radius 1 is 1.39 bits per heavy atom. The number of benzene rings is 1. The van der Waals surface area contributed by atoms with E-state index >= 15 is 0 Å². The molecule has 0 atom stereocenters. The average molecular weight is 278 g/mol. The van der Waals surface area contributed by atoms with Crippen LogP contribution in [-0.2, 0) is 11.9 Å². The van der Waals surface area contributed by atoms with Gasteiger partial charge in [-0.1, -0.05) is 19.9 Å². The first-order chi connectivity index (χ1) is 8.21. The van der Waals surface area contributed by atoms with E-state index in [1.165, 1.54) is 17.8 Å². The van der Waals surface area contributed by atoms with Crippen LogP contribution < -0.4 is 0 Å². The van der Waals surface area contributed by atoms with Crippen LogP contribution in [0.4, 0.5) is 13.2 Å². The minimum atomic E-state index is -4.65. The van der Waals surface area contributed by atoms with Crippen LogP contribution in [0.3, 0.4) is 0 Å². The Hall–Kier alpha value is -1.17. The molecule has 0 aliphatic heterocycles. The predicted octanol–water partition coefficient (Wildman–Crippen LogP) is 4.05. The van der Waals surface area contributed by atoms with Crippen molar-refractivity contribution in [3.63, 3.8) is 0 Å². The molecule has 1 aromatic rings. The van der Waals surface area contributed by atoms with Gasteiger partial charge in [0.2, 0.25) is 0 Å². The highest BCUT2D eigenvalue weighted by Gasteiger charge is 2.35. The van der Waals surface area contributed by atoms with Crippen LogP contribution in [0.2, 0.25) is 0 Å². The maximum Gasteiger partial charge on any atom is 0.417 e. The highest BCUT2D eigenvalue weighted by molar-refractivity contribution is 7.99. The molecule has 100 valence electrons. The molecular formula is C12H13F3O2S. The molecule has 0 radical (unpaired) electrons. The minimum Gasteiger partial charge on any atom is -0.478 e. The molecule has 0 fully saturated rings. The second-order valence-electron chi connectivity index (χ2n) is 4.04. The number of alkyl halides is 3. The number of aromatic carboxylic acids is 1. The van der Waals surface area contributed by atoms with E-state index in [4.69, 9.17) is 5.11 Å². The van der Waals surface area contributed by atoms with Crippen LogP contribution >= 0.6 is 11.8 Å².